The number of aromatic nitrogens is 3. The van der Waals surface area contributed by atoms with Gasteiger partial charge in [-0.15, -0.1) is 0 Å². The quantitative estimate of drug-likeness (QED) is 0.465. The number of hydrogen-bond donors (Lipinski definition) is 1. The normalized spacial score (nSPS) is 19.5. The molecule has 10 heteroatoms. The van der Waals surface area contributed by atoms with Crippen LogP contribution in [0, 0.1) is 11.7 Å². The van der Waals surface area contributed by atoms with Crippen molar-refractivity contribution >= 4 is 27.3 Å². The monoisotopic (exact) mass is 519 g/mol. The van der Waals surface area contributed by atoms with Crippen molar-refractivity contribution < 1.29 is 17.6 Å². The van der Waals surface area contributed by atoms with Crippen molar-refractivity contribution in [3.63, 3.8) is 0 Å². The van der Waals surface area contributed by atoms with Crippen molar-refractivity contribution in [3.8, 4) is 11.1 Å². The topological polar surface area (TPSA) is 105 Å². The molecule has 0 radical (unpaired) electrons. The molecule has 6 rings (SSSR count). The Labute approximate surface area is 214 Å². The van der Waals surface area contributed by atoms with Gasteiger partial charge >= 0.3 is 10.2 Å². The number of Topliss-reactive ketones (excluding diaryl/α,β-unsaturated/α-hetero) is 1. The number of halogens is 1. The molecule has 8 nitrogen and oxygen atoms in total. The van der Waals surface area contributed by atoms with E-state index >= 15 is 4.39 Å². The summed E-state index contributed by atoms with van der Waals surface area (Å²) in [6, 6.07) is 6.03. The van der Waals surface area contributed by atoms with Gasteiger partial charge in [0.2, 0.25) is 0 Å². The van der Waals surface area contributed by atoms with Gasteiger partial charge in [0.25, 0.3) is 0 Å². The average Bonchev–Trinajstić information content (AvgIpc) is 3.51. The number of ketones is 1. The third kappa shape index (κ3) is 4.55. The van der Waals surface area contributed by atoms with Gasteiger partial charge in [-0.3, -0.25) is 14.5 Å². The third-order valence-corrected chi connectivity index (χ3v) is 8.65. The lowest BCUT2D eigenvalue weighted by atomic mass is 9.97. The molecule has 1 atom stereocenters. The number of benzene rings is 1. The zero-order chi connectivity index (χ0) is 25.7. The lowest BCUT2D eigenvalue weighted by molar-refractivity contribution is 0.105. The summed E-state index contributed by atoms with van der Waals surface area (Å²) in [5.41, 5.74) is 2.81. The molecule has 2 fully saturated rings. The second-order valence-corrected chi connectivity index (χ2v) is 11.7. The van der Waals surface area contributed by atoms with Crippen LogP contribution in [-0.4, -0.2) is 46.5 Å². The van der Waals surface area contributed by atoms with Crippen molar-refractivity contribution in [2.45, 2.75) is 38.5 Å². The Morgan fingerprint density at radius 3 is 2.54 bits per heavy atom. The first-order chi connectivity index (χ1) is 17.8. The molecule has 1 N–H and O–H groups in total. The molecular formula is C27H26FN5O3S. The number of carbonyl (C=O) groups excluding carboxylic acids is 1. The van der Waals surface area contributed by atoms with Gasteiger partial charge in [-0.25, -0.2) is 14.4 Å². The van der Waals surface area contributed by atoms with E-state index < -0.39 is 21.8 Å². The Hall–Kier alpha value is -3.50. The van der Waals surface area contributed by atoms with Gasteiger partial charge in [0.05, 0.1) is 16.9 Å². The molecule has 2 aliphatic carbocycles. The predicted octanol–water partition coefficient (Wildman–Crippen LogP) is 4.38. The minimum Gasteiger partial charge on any atom is -0.288 e. The van der Waals surface area contributed by atoms with Crippen LogP contribution in [0.4, 0.5) is 10.1 Å². The summed E-state index contributed by atoms with van der Waals surface area (Å²) in [4.78, 5) is 26.9. The highest BCUT2D eigenvalue weighted by atomic mass is 32.2. The van der Waals surface area contributed by atoms with Crippen LogP contribution >= 0.6 is 0 Å². The molecule has 1 aliphatic heterocycles. The van der Waals surface area contributed by atoms with E-state index in [0.29, 0.717) is 36.6 Å². The van der Waals surface area contributed by atoms with E-state index in [9.17, 15) is 13.2 Å². The number of nitrogens with one attached hydrogen (secondary N) is 1. The van der Waals surface area contributed by atoms with E-state index in [1.54, 1.807) is 24.7 Å². The fourth-order valence-corrected chi connectivity index (χ4v) is 6.22. The predicted molar refractivity (Wildman–Crippen MR) is 138 cm³/mol. The van der Waals surface area contributed by atoms with E-state index in [1.807, 2.05) is 13.0 Å². The Morgan fingerprint density at radius 1 is 1.08 bits per heavy atom. The summed E-state index contributed by atoms with van der Waals surface area (Å²) >= 11 is 0. The Kier molecular flexibility index (Phi) is 5.88. The molecule has 2 aromatic heterocycles. The van der Waals surface area contributed by atoms with Crippen LogP contribution in [-0.2, 0) is 16.6 Å². The Morgan fingerprint density at radius 2 is 1.84 bits per heavy atom. The van der Waals surface area contributed by atoms with Gasteiger partial charge in [0.1, 0.15) is 5.82 Å². The van der Waals surface area contributed by atoms with Crippen LogP contribution in [0.25, 0.3) is 16.7 Å². The van der Waals surface area contributed by atoms with Gasteiger partial charge in [-0.05, 0) is 43.4 Å². The van der Waals surface area contributed by atoms with Gasteiger partial charge in [-0.2, -0.15) is 12.7 Å². The summed E-state index contributed by atoms with van der Waals surface area (Å²) in [7, 11) is -3.92. The number of allylic oxidation sites excluding steroid dienone is 2. The Bertz CT molecular complexity index is 1530. The molecule has 1 saturated carbocycles. The molecule has 3 aliphatic rings. The average molecular weight is 520 g/mol. The minimum absolute atomic E-state index is 0.198. The second-order valence-electron chi connectivity index (χ2n) is 10.00. The number of anilines is 1. The van der Waals surface area contributed by atoms with Crippen molar-refractivity contribution in [2.75, 3.05) is 17.8 Å². The van der Waals surface area contributed by atoms with Crippen molar-refractivity contribution in [1.29, 1.82) is 0 Å². The first kappa shape index (κ1) is 23.9. The van der Waals surface area contributed by atoms with E-state index in [4.69, 9.17) is 0 Å². The third-order valence-electron chi connectivity index (χ3n) is 7.16. The maximum atomic E-state index is 15.5. The van der Waals surface area contributed by atoms with E-state index in [0.717, 1.165) is 41.9 Å². The lowest BCUT2D eigenvalue weighted by Gasteiger charge is -2.18. The van der Waals surface area contributed by atoms with Crippen LogP contribution in [0.2, 0.25) is 0 Å². The van der Waals surface area contributed by atoms with Gasteiger partial charge in [-0.1, -0.05) is 19.1 Å². The maximum absolute atomic E-state index is 15.5. The largest absolute Gasteiger partial charge is 0.301 e. The van der Waals surface area contributed by atoms with Crippen molar-refractivity contribution in [1.82, 2.24) is 19.3 Å². The molecule has 0 spiro atoms. The molecule has 1 aromatic carbocycles. The highest BCUT2D eigenvalue weighted by molar-refractivity contribution is 7.90. The number of rotatable bonds is 7. The zero-order valence-electron chi connectivity index (χ0n) is 20.3. The summed E-state index contributed by atoms with van der Waals surface area (Å²) in [6.07, 6.45) is 10.4. The van der Waals surface area contributed by atoms with E-state index in [1.165, 1.54) is 22.5 Å². The summed E-state index contributed by atoms with van der Waals surface area (Å²) < 4.78 is 44.6. The highest BCUT2D eigenvalue weighted by Gasteiger charge is 2.31. The number of hydrogen-bond acceptors (Lipinski definition) is 6. The second kappa shape index (κ2) is 9.11. The smallest absolute Gasteiger partial charge is 0.288 e. The Balaban J connectivity index is 1.26. The zero-order valence-corrected chi connectivity index (χ0v) is 21.1. The van der Waals surface area contributed by atoms with Crippen LogP contribution in [0.3, 0.4) is 0 Å². The number of nitrogens with zero attached hydrogens (tertiary/aromatic N) is 4. The van der Waals surface area contributed by atoms with Crippen molar-refractivity contribution in [2.24, 2.45) is 5.92 Å². The van der Waals surface area contributed by atoms with Crippen LogP contribution < -0.4 is 4.72 Å². The summed E-state index contributed by atoms with van der Waals surface area (Å²) in [6.45, 7) is 2.73. The lowest BCUT2D eigenvalue weighted by Crippen LogP contribution is -2.34. The van der Waals surface area contributed by atoms with Gasteiger partial charge < -0.3 is 0 Å². The van der Waals surface area contributed by atoms with Gasteiger partial charge in [0, 0.05) is 66.3 Å². The minimum atomic E-state index is -3.92. The standard InChI is InChI=1S/C27H26FN5O3S/c1-16-9-10-33(15-16)37(35,36)32-24-4-2-3-21(25(24)28)26(34)20-7-8-23-22(20)11-18(12-29-23)19-13-30-27(31-14-19)17-5-6-17/h2-4,7,11-14,16-17,32H,5-6,8-10,15H2,1H3/t16-/m1/s1. The van der Waals surface area contributed by atoms with Crippen LogP contribution in [0.1, 0.15) is 59.5 Å². The molecule has 37 heavy (non-hydrogen) atoms. The number of fused-ring (bicyclic) bond motifs is 1. The molecule has 0 bridgehead atoms. The molecule has 1 saturated heterocycles. The number of carbonyl (C=O) groups is 1. The summed E-state index contributed by atoms with van der Waals surface area (Å²) in [5, 5.41) is 0. The van der Waals surface area contributed by atoms with E-state index in [2.05, 4.69) is 19.7 Å². The molecule has 0 amide bonds. The molecule has 190 valence electrons. The molecule has 3 heterocycles. The maximum Gasteiger partial charge on any atom is 0.301 e. The van der Waals surface area contributed by atoms with Gasteiger partial charge in [0.15, 0.2) is 11.6 Å². The molecule has 3 aromatic rings. The number of pyridine rings is 1. The molecule has 0 unspecified atom stereocenters. The SMILES string of the molecule is C[C@@H]1CCN(S(=O)(=O)Nc2cccc(C(=O)C3=CCc4ncc(-c5cnc(C6CC6)nc5)cc43)c2F)C1. The van der Waals surface area contributed by atoms with Crippen LogP contribution in [0.5, 0.6) is 0 Å². The highest BCUT2D eigenvalue weighted by Crippen LogP contribution is 2.38. The first-order valence-electron chi connectivity index (χ1n) is 12.4. The van der Waals surface area contributed by atoms with Crippen molar-refractivity contribution in [3.05, 3.63) is 77.4 Å². The summed E-state index contributed by atoms with van der Waals surface area (Å²) in [5.74, 6) is 0.120. The first-order valence-corrected chi connectivity index (χ1v) is 13.9. The van der Waals surface area contributed by atoms with E-state index in [-0.39, 0.29) is 17.2 Å². The molecular weight excluding hydrogens is 493 g/mol. The van der Waals surface area contributed by atoms with Crippen LogP contribution in [0.15, 0.2) is 48.9 Å². The fourth-order valence-electron chi connectivity index (χ4n) is 4.86. The fraction of sp³-hybridized carbons (Fsp3) is 0.333.